The first-order chi connectivity index (χ1) is 13.3. The molecule has 1 saturated carbocycles. The number of rotatable bonds is 7. The molecular weight excluding hydrogens is 373 g/mol. The molecule has 0 radical (unpaired) electrons. The van der Waals surface area contributed by atoms with Crippen molar-refractivity contribution in [3.8, 4) is 5.75 Å². The van der Waals surface area contributed by atoms with E-state index in [1.54, 1.807) is 19.2 Å². The molecule has 3 rings (SSSR count). The van der Waals surface area contributed by atoms with E-state index in [-0.39, 0.29) is 24.7 Å². The predicted molar refractivity (Wildman–Crippen MR) is 95.9 cm³/mol. The number of hydrogen-bond donors (Lipinski definition) is 2. The normalized spacial score (nSPS) is 13.9. The van der Waals surface area contributed by atoms with Gasteiger partial charge in [0.05, 0.1) is 7.11 Å². The van der Waals surface area contributed by atoms with Crippen molar-refractivity contribution in [2.45, 2.75) is 37.9 Å². The van der Waals surface area contributed by atoms with Gasteiger partial charge < -0.3 is 15.4 Å². The van der Waals surface area contributed by atoms with Gasteiger partial charge in [-0.15, -0.1) is 0 Å². The number of amides is 2. The van der Waals surface area contributed by atoms with E-state index in [2.05, 4.69) is 20.6 Å². The van der Waals surface area contributed by atoms with Crippen LogP contribution in [-0.2, 0) is 19.1 Å². The Labute approximate surface area is 160 Å². The smallest absolute Gasteiger partial charge is 0.433 e. The first-order valence-corrected chi connectivity index (χ1v) is 8.95. The maximum Gasteiger partial charge on any atom is 0.433 e. The van der Waals surface area contributed by atoms with Crippen LogP contribution in [0.2, 0.25) is 0 Å². The van der Waals surface area contributed by atoms with Crippen LogP contribution in [0.15, 0.2) is 30.3 Å². The first-order valence-electron chi connectivity index (χ1n) is 8.95. The quantitative estimate of drug-likeness (QED) is 0.755. The Morgan fingerprint density at radius 3 is 2.50 bits per heavy atom. The Morgan fingerprint density at radius 1 is 1.18 bits per heavy atom. The molecule has 1 aliphatic rings. The molecule has 1 heterocycles. The van der Waals surface area contributed by atoms with E-state index in [1.165, 1.54) is 0 Å². The number of benzene rings is 1. The molecule has 0 unspecified atom stereocenters. The summed E-state index contributed by atoms with van der Waals surface area (Å²) in [7, 11) is 1.57. The fourth-order valence-electron chi connectivity index (χ4n) is 2.64. The lowest BCUT2D eigenvalue weighted by Crippen LogP contribution is -2.36. The van der Waals surface area contributed by atoms with Crippen LogP contribution >= 0.6 is 0 Å². The van der Waals surface area contributed by atoms with Crippen molar-refractivity contribution in [3.63, 3.8) is 0 Å². The number of urea groups is 1. The van der Waals surface area contributed by atoms with Gasteiger partial charge in [-0.05, 0) is 36.6 Å². The van der Waals surface area contributed by atoms with Crippen LogP contribution < -0.4 is 15.4 Å². The summed E-state index contributed by atoms with van der Waals surface area (Å²) < 4.78 is 44.1. The summed E-state index contributed by atoms with van der Waals surface area (Å²) in [5, 5.41) is 5.30. The standard InChI is InChI=1S/C19H21F3N4O2/c1-28-14-6-2-12(3-7-14)11-24-18(27)23-9-8-17-25-15(13-4-5-13)10-16(26-17)19(20,21)22/h2-3,6-7,10,13H,4-5,8-9,11H2,1H3,(H2,23,24,27). The van der Waals surface area contributed by atoms with Crippen molar-refractivity contribution in [2.24, 2.45) is 0 Å². The lowest BCUT2D eigenvalue weighted by atomic mass is 10.2. The molecule has 1 fully saturated rings. The Balaban J connectivity index is 1.49. The molecule has 1 aromatic heterocycles. The first kappa shape index (κ1) is 19.9. The predicted octanol–water partition coefficient (Wildman–Crippen LogP) is 3.42. The molecule has 1 aliphatic carbocycles. The zero-order valence-corrected chi connectivity index (χ0v) is 15.3. The molecule has 0 aliphatic heterocycles. The molecule has 6 nitrogen and oxygen atoms in total. The summed E-state index contributed by atoms with van der Waals surface area (Å²) in [5.74, 6) is 0.899. The number of nitrogens with one attached hydrogen (secondary N) is 2. The summed E-state index contributed by atoms with van der Waals surface area (Å²) in [6.45, 7) is 0.460. The molecule has 0 atom stereocenters. The summed E-state index contributed by atoms with van der Waals surface area (Å²) in [6.07, 6.45) is -2.69. The van der Waals surface area contributed by atoms with Crippen molar-refractivity contribution in [2.75, 3.05) is 13.7 Å². The number of methoxy groups -OCH3 is 1. The Kier molecular flexibility index (Phi) is 6.01. The van der Waals surface area contributed by atoms with Gasteiger partial charge in [0.1, 0.15) is 17.3 Å². The number of halogens is 3. The SMILES string of the molecule is COc1ccc(CNC(=O)NCCc2nc(C3CC3)cc(C(F)(F)F)n2)cc1. The number of carbonyl (C=O) groups excluding carboxylic acids is 1. The third-order valence-corrected chi connectivity index (χ3v) is 4.32. The molecule has 2 amide bonds. The van der Waals surface area contributed by atoms with Crippen LogP contribution in [0, 0.1) is 0 Å². The molecule has 9 heteroatoms. The summed E-state index contributed by atoms with van der Waals surface area (Å²) >= 11 is 0. The molecule has 150 valence electrons. The van der Waals surface area contributed by atoms with E-state index in [9.17, 15) is 18.0 Å². The van der Waals surface area contributed by atoms with Crippen molar-refractivity contribution in [1.29, 1.82) is 0 Å². The number of nitrogens with zero attached hydrogens (tertiary/aromatic N) is 2. The minimum atomic E-state index is -4.51. The maximum atomic E-state index is 13.0. The van der Waals surface area contributed by atoms with Crippen molar-refractivity contribution in [1.82, 2.24) is 20.6 Å². The van der Waals surface area contributed by atoms with Crippen molar-refractivity contribution >= 4 is 6.03 Å². The van der Waals surface area contributed by atoms with Gasteiger partial charge in [-0.25, -0.2) is 14.8 Å². The number of aromatic nitrogens is 2. The van der Waals surface area contributed by atoms with Crippen LogP contribution in [0.4, 0.5) is 18.0 Å². The van der Waals surface area contributed by atoms with Gasteiger partial charge in [-0.3, -0.25) is 0 Å². The highest BCUT2D eigenvalue weighted by atomic mass is 19.4. The fraction of sp³-hybridized carbons (Fsp3) is 0.421. The third kappa shape index (κ3) is 5.58. The van der Waals surface area contributed by atoms with Gasteiger partial charge in [0, 0.05) is 31.1 Å². The molecule has 2 aromatic rings. The molecule has 0 saturated heterocycles. The van der Waals surface area contributed by atoms with E-state index in [1.807, 2.05) is 12.1 Å². The number of hydrogen-bond acceptors (Lipinski definition) is 4. The van der Waals surface area contributed by atoms with Gasteiger partial charge in [-0.2, -0.15) is 13.2 Å². The number of carbonyl (C=O) groups is 1. The highest BCUT2D eigenvalue weighted by Crippen LogP contribution is 2.40. The maximum absolute atomic E-state index is 13.0. The Morgan fingerprint density at radius 2 is 1.89 bits per heavy atom. The van der Waals surface area contributed by atoms with E-state index in [0.717, 1.165) is 30.2 Å². The van der Waals surface area contributed by atoms with Gasteiger partial charge >= 0.3 is 12.2 Å². The fourth-order valence-corrected chi connectivity index (χ4v) is 2.64. The average Bonchev–Trinajstić information content (AvgIpc) is 3.51. The number of ether oxygens (including phenoxy) is 1. The lowest BCUT2D eigenvalue weighted by molar-refractivity contribution is -0.141. The van der Waals surface area contributed by atoms with E-state index < -0.39 is 17.9 Å². The zero-order chi connectivity index (χ0) is 20.1. The largest absolute Gasteiger partial charge is 0.497 e. The summed E-state index contributed by atoms with van der Waals surface area (Å²) in [5.41, 5.74) is 0.399. The van der Waals surface area contributed by atoms with Crippen LogP contribution in [0.1, 0.15) is 41.5 Å². The summed E-state index contributed by atoms with van der Waals surface area (Å²) in [4.78, 5) is 19.7. The van der Waals surface area contributed by atoms with Gasteiger partial charge in [-0.1, -0.05) is 12.1 Å². The van der Waals surface area contributed by atoms with E-state index >= 15 is 0 Å². The Hall–Kier alpha value is -2.84. The van der Waals surface area contributed by atoms with E-state index in [4.69, 9.17) is 4.74 Å². The highest BCUT2D eigenvalue weighted by molar-refractivity contribution is 5.73. The van der Waals surface area contributed by atoms with Crippen LogP contribution in [0.3, 0.4) is 0 Å². The van der Waals surface area contributed by atoms with Crippen LogP contribution in [0.5, 0.6) is 5.75 Å². The highest BCUT2D eigenvalue weighted by Gasteiger charge is 2.35. The monoisotopic (exact) mass is 394 g/mol. The average molecular weight is 394 g/mol. The second-order valence-electron chi connectivity index (χ2n) is 6.57. The van der Waals surface area contributed by atoms with Crippen LogP contribution in [-0.4, -0.2) is 29.7 Å². The number of alkyl halides is 3. The molecule has 1 aromatic carbocycles. The molecule has 2 N–H and O–H groups in total. The molecule has 28 heavy (non-hydrogen) atoms. The van der Waals surface area contributed by atoms with Crippen molar-refractivity contribution in [3.05, 3.63) is 53.1 Å². The second-order valence-corrected chi connectivity index (χ2v) is 6.57. The topological polar surface area (TPSA) is 76.1 Å². The van der Waals surface area contributed by atoms with Crippen molar-refractivity contribution < 1.29 is 22.7 Å². The molecular formula is C19H21F3N4O2. The lowest BCUT2D eigenvalue weighted by Gasteiger charge is -2.11. The van der Waals surface area contributed by atoms with Gasteiger partial charge in [0.2, 0.25) is 0 Å². The Bertz CT molecular complexity index is 821. The van der Waals surface area contributed by atoms with Gasteiger partial charge in [0.25, 0.3) is 0 Å². The van der Waals surface area contributed by atoms with Gasteiger partial charge in [0.15, 0.2) is 0 Å². The molecule has 0 spiro atoms. The summed E-state index contributed by atoms with van der Waals surface area (Å²) in [6, 6.07) is 7.85. The van der Waals surface area contributed by atoms with Crippen LogP contribution in [0.25, 0.3) is 0 Å². The zero-order valence-electron chi connectivity index (χ0n) is 15.3. The minimum absolute atomic E-state index is 0.0867. The minimum Gasteiger partial charge on any atom is -0.497 e. The van der Waals surface area contributed by atoms with E-state index in [0.29, 0.717) is 12.2 Å². The molecule has 0 bridgehead atoms. The third-order valence-electron chi connectivity index (χ3n) is 4.32. The second kappa shape index (κ2) is 8.45.